The van der Waals surface area contributed by atoms with Crippen LogP contribution >= 0.6 is 11.8 Å². The summed E-state index contributed by atoms with van der Waals surface area (Å²) in [6, 6.07) is 14.2. The summed E-state index contributed by atoms with van der Waals surface area (Å²) >= 11 is 1.43. The number of carbonyl (C=O) groups is 2. The van der Waals surface area contributed by atoms with Crippen LogP contribution in [-0.2, 0) is 14.3 Å². The van der Waals surface area contributed by atoms with E-state index in [9.17, 15) is 9.59 Å². The molecule has 5 heteroatoms. The van der Waals surface area contributed by atoms with Gasteiger partial charge in [0.15, 0.2) is 0 Å². The van der Waals surface area contributed by atoms with Gasteiger partial charge in [0, 0.05) is 5.75 Å². The van der Waals surface area contributed by atoms with E-state index in [4.69, 9.17) is 0 Å². The first-order valence-corrected chi connectivity index (χ1v) is 8.69. The van der Waals surface area contributed by atoms with E-state index in [0.717, 1.165) is 10.9 Å². The van der Waals surface area contributed by atoms with Gasteiger partial charge in [0.25, 0.3) is 0 Å². The van der Waals surface area contributed by atoms with Gasteiger partial charge >= 0.3 is 5.97 Å². The fourth-order valence-corrected chi connectivity index (χ4v) is 3.14. The maximum Gasteiger partial charge on any atom is 0.306 e. The van der Waals surface area contributed by atoms with Crippen molar-refractivity contribution in [2.75, 3.05) is 18.6 Å². The smallest absolute Gasteiger partial charge is 0.306 e. The predicted molar refractivity (Wildman–Crippen MR) is 94.5 cm³/mol. The molecule has 1 amide bonds. The van der Waals surface area contributed by atoms with Crippen LogP contribution in [0, 0.1) is 0 Å². The molecule has 0 spiro atoms. The number of methoxy groups -OCH3 is 1. The van der Waals surface area contributed by atoms with E-state index in [-0.39, 0.29) is 17.9 Å². The van der Waals surface area contributed by atoms with Crippen molar-refractivity contribution in [2.45, 2.75) is 19.4 Å². The molecule has 0 aliphatic rings. The Morgan fingerprint density at radius 2 is 1.91 bits per heavy atom. The molecule has 0 aromatic heterocycles. The molecule has 23 heavy (non-hydrogen) atoms. The maximum absolute atomic E-state index is 12.0. The number of ether oxygens (including phenoxy) is 1. The number of nitrogens with one attached hydrogen (secondary N) is 1. The summed E-state index contributed by atoms with van der Waals surface area (Å²) in [5.74, 6) is 0.650. The van der Waals surface area contributed by atoms with Gasteiger partial charge in [-0.05, 0) is 23.3 Å². The van der Waals surface area contributed by atoms with E-state index in [2.05, 4.69) is 28.3 Å². The lowest BCUT2D eigenvalue weighted by atomic mass is 10.00. The van der Waals surface area contributed by atoms with Crippen LogP contribution in [0.2, 0.25) is 0 Å². The second-order valence-electron chi connectivity index (χ2n) is 5.24. The molecule has 0 fully saturated rings. The van der Waals surface area contributed by atoms with Crippen molar-refractivity contribution in [1.29, 1.82) is 0 Å². The summed E-state index contributed by atoms with van der Waals surface area (Å²) in [7, 11) is 1.37. The summed E-state index contributed by atoms with van der Waals surface area (Å²) in [5.41, 5.74) is 1.11. The van der Waals surface area contributed by atoms with Crippen molar-refractivity contribution in [2.24, 2.45) is 0 Å². The fourth-order valence-electron chi connectivity index (χ4n) is 2.41. The highest BCUT2D eigenvalue weighted by molar-refractivity contribution is 7.99. The standard InChI is InChI=1S/C18H21NO3S/c1-13(19-17(20)12-23-11-10-18(21)22-2)15-9-5-7-14-6-3-4-8-16(14)15/h3-9,13H,10-12H2,1-2H3,(H,19,20)/t13-/m0/s1. The first-order chi connectivity index (χ1) is 11.1. The Balaban J connectivity index is 1.89. The highest BCUT2D eigenvalue weighted by Gasteiger charge is 2.12. The van der Waals surface area contributed by atoms with Crippen molar-refractivity contribution in [3.63, 3.8) is 0 Å². The molecule has 0 saturated heterocycles. The van der Waals surface area contributed by atoms with Crippen LogP contribution in [-0.4, -0.2) is 30.5 Å². The molecular weight excluding hydrogens is 310 g/mol. The number of benzene rings is 2. The van der Waals surface area contributed by atoms with E-state index in [1.807, 2.05) is 31.2 Å². The topological polar surface area (TPSA) is 55.4 Å². The highest BCUT2D eigenvalue weighted by atomic mass is 32.2. The average molecular weight is 331 g/mol. The van der Waals surface area contributed by atoms with Gasteiger partial charge < -0.3 is 10.1 Å². The van der Waals surface area contributed by atoms with E-state index in [1.165, 1.54) is 24.3 Å². The zero-order chi connectivity index (χ0) is 16.7. The lowest BCUT2D eigenvalue weighted by Gasteiger charge is -2.16. The summed E-state index contributed by atoms with van der Waals surface area (Å²) in [5, 5.41) is 5.33. The first-order valence-electron chi connectivity index (χ1n) is 7.53. The number of esters is 1. The average Bonchev–Trinajstić information content (AvgIpc) is 2.57. The summed E-state index contributed by atoms with van der Waals surface area (Å²) in [4.78, 5) is 23.0. The molecule has 0 saturated carbocycles. The zero-order valence-electron chi connectivity index (χ0n) is 13.4. The number of hydrogen-bond donors (Lipinski definition) is 1. The van der Waals surface area contributed by atoms with Crippen LogP contribution in [0.4, 0.5) is 0 Å². The second-order valence-corrected chi connectivity index (χ2v) is 6.34. The minimum atomic E-state index is -0.248. The molecule has 0 aliphatic heterocycles. The van der Waals surface area contributed by atoms with Crippen LogP contribution in [0.25, 0.3) is 10.8 Å². The quantitative estimate of drug-likeness (QED) is 0.625. The van der Waals surface area contributed by atoms with E-state index in [0.29, 0.717) is 17.9 Å². The number of thioether (sulfide) groups is 1. The monoisotopic (exact) mass is 331 g/mol. The minimum absolute atomic E-state index is 0.0275. The molecule has 2 rings (SSSR count). The van der Waals surface area contributed by atoms with Crippen LogP contribution in [0.3, 0.4) is 0 Å². The van der Waals surface area contributed by atoms with Gasteiger partial charge in [-0.2, -0.15) is 11.8 Å². The molecule has 2 aromatic rings. The van der Waals surface area contributed by atoms with Gasteiger partial charge in [-0.15, -0.1) is 0 Å². The highest BCUT2D eigenvalue weighted by Crippen LogP contribution is 2.24. The predicted octanol–water partition coefficient (Wildman–Crippen LogP) is 3.31. The van der Waals surface area contributed by atoms with Crippen molar-refractivity contribution in [1.82, 2.24) is 5.32 Å². The SMILES string of the molecule is COC(=O)CCSCC(=O)N[C@@H](C)c1cccc2ccccc12. The van der Waals surface area contributed by atoms with Crippen LogP contribution in [0.5, 0.6) is 0 Å². The molecule has 0 heterocycles. The van der Waals surface area contributed by atoms with Gasteiger partial charge in [0.2, 0.25) is 5.91 Å². The van der Waals surface area contributed by atoms with Crippen LogP contribution in [0.15, 0.2) is 42.5 Å². The van der Waals surface area contributed by atoms with E-state index in [1.54, 1.807) is 0 Å². The Kier molecular flexibility index (Phi) is 6.47. The Morgan fingerprint density at radius 1 is 1.17 bits per heavy atom. The lowest BCUT2D eigenvalue weighted by molar-refractivity contribution is -0.140. The van der Waals surface area contributed by atoms with Crippen molar-refractivity contribution in [3.8, 4) is 0 Å². The summed E-state index contributed by atoms with van der Waals surface area (Å²) in [6.07, 6.45) is 0.327. The van der Waals surface area contributed by atoms with Crippen molar-refractivity contribution < 1.29 is 14.3 Å². The second kappa shape index (κ2) is 8.58. The van der Waals surface area contributed by atoms with Gasteiger partial charge in [0.05, 0.1) is 25.3 Å². The Hall–Kier alpha value is -2.01. The molecule has 0 aliphatic carbocycles. The molecular formula is C18H21NO3S. The Labute approximate surface area is 140 Å². The maximum atomic E-state index is 12.0. The number of fused-ring (bicyclic) bond motifs is 1. The van der Waals surface area contributed by atoms with Gasteiger partial charge in [-0.1, -0.05) is 42.5 Å². The van der Waals surface area contributed by atoms with Gasteiger partial charge in [-0.25, -0.2) is 0 Å². The number of amides is 1. The fraction of sp³-hybridized carbons (Fsp3) is 0.333. The molecule has 0 bridgehead atoms. The molecule has 2 aromatic carbocycles. The van der Waals surface area contributed by atoms with E-state index >= 15 is 0 Å². The van der Waals surface area contributed by atoms with Gasteiger partial charge in [-0.3, -0.25) is 9.59 Å². The third kappa shape index (κ3) is 4.99. The Morgan fingerprint density at radius 3 is 2.70 bits per heavy atom. The summed E-state index contributed by atoms with van der Waals surface area (Å²) in [6.45, 7) is 1.98. The minimum Gasteiger partial charge on any atom is -0.469 e. The molecule has 1 N–H and O–H groups in total. The van der Waals surface area contributed by atoms with Crippen LogP contribution in [0.1, 0.15) is 24.9 Å². The number of hydrogen-bond acceptors (Lipinski definition) is 4. The molecule has 0 radical (unpaired) electrons. The zero-order valence-corrected chi connectivity index (χ0v) is 14.2. The van der Waals surface area contributed by atoms with Crippen molar-refractivity contribution in [3.05, 3.63) is 48.0 Å². The largest absolute Gasteiger partial charge is 0.469 e. The van der Waals surface area contributed by atoms with Crippen molar-refractivity contribution >= 4 is 34.4 Å². The normalized spacial score (nSPS) is 11.9. The lowest BCUT2D eigenvalue weighted by Crippen LogP contribution is -2.28. The van der Waals surface area contributed by atoms with Gasteiger partial charge in [0.1, 0.15) is 0 Å². The molecule has 4 nitrogen and oxygen atoms in total. The summed E-state index contributed by atoms with van der Waals surface area (Å²) < 4.78 is 4.57. The number of carbonyl (C=O) groups excluding carboxylic acids is 2. The first kappa shape index (κ1) is 17.3. The Bertz CT molecular complexity index is 682. The molecule has 1 atom stereocenters. The molecule has 122 valence electrons. The molecule has 0 unspecified atom stereocenters. The van der Waals surface area contributed by atoms with Crippen LogP contribution < -0.4 is 5.32 Å². The number of rotatable bonds is 7. The third-order valence-electron chi connectivity index (χ3n) is 3.58. The third-order valence-corrected chi connectivity index (χ3v) is 4.54. The van der Waals surface area contributed by atoms with E-state index < -0.39 is 0 Å².